The SMILES string of the molecule is CCN1CCCC1CN(c1ccc(OC(F)(F)F)c(F)c1)c1nc(N)nc(NCC2CCCCC2)n1. The Morgan fingerprint density at radius 3 is 2.58 bits per heavy atom. The highest BCUT2D eigenvalue weighted by molar-refractivity contribution is 5.60. The van der Waals surface area contributed by atoms with E-state index >= 15 is 0 Å². The Hall–Kier alpha value is -2.89. The number of halogens is 4. The standard InChI is InChI=1S/C24H33F4N7O/c1-2-34-12-6-9-18(34)15-35(17-10-11-20(19(25)13-17)36-24(26,27)28)23-32-21(29)31-22(33-23)30-14-16-7-4-3-5-8-16/h10-11,13,16,18H,2-9,12,14-15H2,1H3,(H3,29,30,31,32,33). The molecule has 12 heteroatoms. The lowest BCUT2D eigenvalue weighted by Crippen LogP contribution is -2.39. The summed E-state index contributed by atoms with van der Waals surface area (Å²) in [4.78, 5) is 17.1. The lowest BCUT2D eigenvalue weighted by atomic mass is 9.89. The van der Waals surface area contributed by atoms with E-state index in [2.05, 4.69) is 36.8 Å². The van der Waals surface area contributed by atoms with Gasteiger partial charge in [-0.2, -0.15) is 15.0 Å². The second kappa shape index (κ2) is 11.4. The number of anilines is 4. The minimum Gasteiger partial charge on any atom is -0.403 e. The molecule has 0 spiro atoms. The molecule has 2 aromatic rings. The van der Waals surface area contributed by atoms with Crippen molar-refractivity contribution >= 4 is 23.5 Å². The molecular formula is C24H33F4N7O. The van der Waals surface area contributed by atoms with Gasteiger partial charge in [0.1, 0.15) is 0 Å². The molecule has 2 fully saturated rings. The van der Waals surface area contributed by atoms with Gasteiger partial charge in [-0.05, 0) is 56.8 Å². The summed E-state index contributed by atoms with van der Waals surface area (Å²) in [5.41, 5.74) is 6.31. The third kappa shape index (κ3) is 6.86. The number of likely N-dealkylation sites (N-methyl/N-ethyl adjacent to an activating group) is 1. The average Bonchev–Trinajstić information content (AvgIpc) is 3.29. The normalized spacial score (nSPS) is 19.4. The highest BCUT2D eigenvalue weighted by Crippen LogP contribution is 2.33. The van der Waals surface area contributed by atoms with Crippen molar-refractivity contribution in [2.45, 2.75) is 64.3 Å². The summed E-state index contributed by atoms with van der Waals surface area (Å²) in [6, 6.07) is 3.47. The maximum Gasteiger partial charge on any atom is 0.573 e. The molecule has 1 aliphatic heterocycles. The highest BCUT2D eigenvalue weighted by atomic mass is 19.4. The van der Waals surface area contributed by atoms with Gasteiger partial charge in [0.15, 0.2) is 11.6 Å². The number of ether oxygens (including phenoxy) is 1. The van der Waals surface area contributed by atoms with Crippen molar-refractivity contribution in [1.29, 1.82) is 0 Å². The number of rotatable bonds is 9. The predicted octanol–water partition coefficient (Wildman–Crippen LogP) is 5.11. The van der Waals surface area contributed by atoms with E-state index in [4.69, 9.17) is 5.73 Å². The van der Waals surface area contributed by atoms with Crippen LogP contribution in [0.4, 0.5) is 41.1 Å². The van der Waals surface area contributed by atoms with Gasteiger partial charge in [-0.15, -0.1) is 13.2 Å². The fraction of sp³-hybridized carbons (Fsp3) is 0.625. The number of nitrogens with one attached hydrogen (secondary N) is 1. The van der Waals surface area contributed by atoms with E-state index < -0.39 is 17.9 Å². The maximum atomic E-state index is 14.6. The van der Waals surface area contributed by atoms with Gasteiger partial charge in [0, 0.05) is 30.9 Å². The topological polar surface area (TPSA) is 92.4 Å². The van der Waals surface area contributed by atoms with Gasteiger partial charge < -0.3 is 20.7 Å². The van der Waals surface area contributed by atoms with E-state index in [-0.39, 0.29) is 17.9 Å². The van der Waals surface area contributed by atoms with Crippen LogP contribution in [-0.4, -0.2) is 58.4 Å². The molecule has 4 rings (SSSR count). The van der Waals surface area contributed by atoms with Crippen molar-refractivity contribution in [2.75, 3.05) is 42.1 Å². The van der Waals surface area contributed by atoms with Crippen LogP contribution < -0.4 is 20.7 Å². The number of aromatic nitrogens is 3. The monoisotopic (exact) mass is 511 g/mol. The van der Waals surface area contributed by atoms with Crippen molar-refractivity contribution in [2.24, 2.45) is 5.92 Å². The van der Waals surface area contributed by atoms with E-state index in [1.54, 1.807) is 4.90 Å². The summed E-state index contributed by atoms with van der Waals surface area (Å²) in [6.07, 6.45) is 2.92. The number of hydrogen-bond donors (Lipinski definition) is 2. The average molecular weight is 512 g/mol. The second-order valence-corrected chi connectivity index (χ2v) is 9.40. The van der Waals surface area contributed by atoms with Gasteiger partial charge in [0.05, 0.1) is 0 Å². The molecule has 1 saturated carbocycles. The zero-order valence-electron chi connectivity index (χ0n) is 20.4. The van der Waals surface area contributed by atoms with Crippen molar-refractivity contribution in [3.8, 4) is 5.75 Å². The van der Waals surface area contributed by atoms with Crippen molar-refractivity contribution in [3.05, 3.63) is 24.0 Å². The molecule has 0 radical (unpaired) electrons. The molecule has 1 saturated heterocycles. The Balaban J connectivity index is 1.62. The number of alkyl halides is 3. The zero-order chi connectivity index (χ0) is 25.7. The smallest absolute Gasteiger partial charge is 0.403 e. The summed E-state index contributed by atoms with van der Waals surface area (Å²) >= 11 is 0. The van der Waals surface area contributed by atoms with Crippen LogP contribution in [0.15, 0.2) is 18.2 Å². The molecule has 3 N–H and O–H groups in total. The second-order valence-electron chi connectivity index (χ2n) is 9.40. The van der Waals surface area contributed by atoms with Gasteiger partial charge >= 0.3 is 6.36 Å². The van der Waals surface area contributed by atoms with Crippen LogP contribution in [0, 0.1) is 11.7 Å². The third-order valence-corrected chi connectivity index (χ3v) is 6.91. The number of likely N-dealkylation sites (tertiary alicyclic amines) is 1. The highest BCUT2D eigenvalue weighted by Gasteiger charge is 2.33. The fourth-order valence-electron chi connectivity index (χ4n) is 5.10. The van der Waals surface area contributed by atoms with Gasteiger partial charge in [-0.1, -0.05) is 26.2 Å². The molecule has 0 amide bonds. The van der Waals surface area contributed by atoms with Crippen LogP contribution in [0.1, 0.15) is 51.9 Å². The molecule has 2 heterocycles. The van der Waals surface area contributed by atoms with E-state index in [9.17, 15) is 17.6 Å². The lowest BCUT2D eigenvalue weighted by molar-refractivity contribution is -0.275. The molecule has 36 heavy (non-hydrogen) atoms. The number of nitrogens with zero attached hydrogens (tertiary/aromatic N) is 5. The zero-order valence-corrected chi connectivity index (χ0v) is 20.4. The summed E-state index contributed by atoms with van der Waals surface area (Å²) in [7, 11) is 0. The first kappa shape index (κ1) is 26.2. The Bertz CT molecular complexity index is 1020. The van der Waals surface area contributed by atoms with Crippen LogP contribution >= 0.6 is 0 Å². The number of benzene rings is 1. The van der Waals surface area contributed by atoms with Gasteiger partial charge in [0.2, 0.25) is 17.8 Å². The molecule has 1 unspecified atom stereocenters. The molecule has 8 nitrogen and oxygen atoms in total. The molecule has 1 aromatic heterocycles. The van der Waals surface area contributed by atoms with Crippen LogP contribution in [0.3, 0.4) is 0 Å². The minimum absolute atomic E-state index is 0.00686. The minimum atomic E-state index is -4.99. The first-order chi connectivity index (χ1) is 17.2. The molecule has 0 bridgehead atoms. The molecule has 198 valence electrons. The van der Waals surface area contributed by atoms with E-state index in [0.717, 1.165) is 50.9 Å². The van der Waals surface area contributed by atoms with Gasteiger partial charge in [-0.3, -0.25) is 4.90 Å². The quantitative estimate of drug-likeness (QED) is 0.449. The summed E-state index contributed by atoms with van der Waals surface area (Å²) in [6.45, 7) is 4.99. The largest absolute Gasteiger partial charge is 0.573 e. The van der Waals surface area contributed by atoms with E-state index in [1.165, 1.54) is 25.3 Å². The maximum absolute atomic E-state index is 14.6. The van der Waals surface area contributed by atoms with Crippen LogP contribution in [0.25, 0.3) is 0 Å². The Morgan fingerprint density at radius 1 is 1.11 bits per heavy atom. The predicted molar refractivity (Wildman–Crippen MR) is 130 cm³/mol. The molecule has 1 aliphatic carbocycles. The van der Waals surface area contributed by atoms with Crippen LogP contribution in [-0.2, 0) is 0 Å². The summed E-state index contributed by atoms with van der Waals surface area (Å²) in [5.74, 6) is -0.959. The van der Waals surface area contributed by atoms with Crippen molar-refractivity contribution < 1.29 is 22.3 Å². The van der Waals surface area contributed by atoms with Crippen molar-refractivity contribution in [3.63, 3.8) is 0 Å². The first-order valence-corrected chi connectivity index (χ1v) is 12.5. The van der Waals surface area contributed by atoms with Crippen LogP contribution in [0.5, 0.6) is 5.75 Å². The molecular weight excluding hydrogens is 478 g/mol. The van der Waals surface area contributed by atoms with Gasteiger partial charge in [0.25, 0.3) is 0 Å². The van der Waals surface area contributed by atoms with E-state index in [1.807, 2.05) is 0 Å². The molecule has 1 aromatic carbocycles. The molecule has 1 atom stereocenters. The van der Waals surface area contributed by atoms with E-state index in [0.29, 0.717) is 30.6 Å². The summed E-state index contributed by atoms with van der Waals surface area (Å²) < 4.78 is 56.4. The summed E-state index contributed by atoms with van der Waals surface area (Å²) in [5, 5.41) is 3.26. The Kier molecular flexibility index (Phi) is 8.32. The number of hydrogen-bond acceptors (Lipinski definition) is 8. The van der Waals surface area contributed by atoms with Crippen molar-refractivity contribution in [1.82, 2.24) is 19.9 Å². The van der Waals surface area contributed by atoms with Gasteiger partial charge in [-0.25, -0.2) is 4.39 Å². The number of nitrogens with two attached hydrogens (primary N) is 1. The Morgan fingerprint density at radius 2 is 1.89 bits per heavy atom. The third-order valence-electron chi connectivity index (χ3n) is 6.91. The number of nitrogen functional groups attached to an aromatic ring is 1. The van der Waals surface area contributed by atoms with Crippen LogP contribution in [0.2, 0.25) is 0 Å². The first-order valence-electron chi connectivity index (χ1n) is 12.5. The molecule has 2 aliphatic rings. The Labute approximate surface area is 208 Å². The fourth-order valence-corrected chi connectivity index (χ4v) is 5.10. The lowest BCUT2D eigenvalue weighted by Gasteiger charge is -2.31.